The van der Waals surface area contributed by atoms with Gasteiger partial charge in [-0.2, -0.15) is 0 Å². The van der Waals surface area contributed by atoms with Gasteiger partial charge in [0.2, 0.25) is 0 Å². The Balaban J connectivity index is 3.68. The SMILES string of the molecule is C=CCOC(=O)C[C@H](N)C(=O)O. The zero-order valence-corrected chi connectivity index (χ0v) is 6.53. The number of esters is 1. The van der Waals surface area contributed by atoms with Gasteiger partial charge in [0, 0.05) is 0 Å². The predicted molar refractivity (Wildman–Crippen MR) is 41.4 cm³/mol. The highest BCUT2D eigenvalue weighted by molar-refractivity contribution is 5.81. The third-order valence-electron chi connectivity index (χ3n) is 1.07. The molecule has 0 bridgehead atoms. The maximum atomic E-state index is 10.7. The van der Waals surface area contributed by atoms with E-state index >= 15 is 0 Å². The van der Waals surface area contributed by atoms with Crippen molar-refractivity contribution in [2.45, 2.75) is 12.5 Å². The van der Waals surface area contributed by atoms with Crippen LogP contribution in [0.15, 0.2) is 12.7 Å². The monoisotopic (exact) mass is 173 g/mol. The number of ether oxygens (including phenoxy) is 1. The summed E-state index contributed by atoms with van der Waals surface area (Å²) in [6.07, 6.45) is 1.08. The van der Waals surface area contributed by atoms with Crippen molar-refractivity contribution >= 4 is 11.9 Å². The number of carboxylic acid groups (broad SMARTS) is 1. The van der Waals surface area contributed by atoms with Gasteiger partial charge < -0.3 is 15.6 Å². The highest BCUT2D eigenvalue weighted by atomic mass is 16.5. The molecular formula is C7H11NO4. The number of nitrogens with two attached hydrogens (primary N) is 1. The molecule has 0 radical (unpaired) electrons. The third kappa shape index (κ3) is 4.45. The molecule has 12 heavy (non-hydrogen) atoms. The summed E-state index contributed by atoms with van der Waals surface area (Å²) in [5.74, 6) is -1.85. The van der Waals surface area contributed by atoms with Gasteiger partial charge in [-0.1, -0.05) is 12.7 Å². The van der Waals surface area contributed by atoms with Gasteiger partial charge in [0.05, 0.1) is 6.42 Å². The summed E-state index contributed by atoms with van der Waals surface area (Å²) in [4.78, 5) is 20.9. The van der Waals surface area contributed by atoms with Gasteiger partial charge in [-0.05, 0) is 0 Å². The van der Waals surface area contributed by atoms with Crippen LogP contribution in [0.25, 0.3) is 0 Å². The predicted octanol–water partition coefficient (Wildman–Crippen LogP) is -0.482. The zero-order valence-electron chi connectivity index (χ0n) is 6.53. The molecule has 3 N–H and O–H groups in total. The fraction of sp³-hybridized carbons (Fsp3) is 0.429. The van der Waals surface area contributed by atoms with E-state index in [0.29, 0.717) is 0 Å². The van der Waals surface area contributed by atoms with Gasteiger partial charge >= 0.3 is 11.9 Å². The molecule has 0 amide bonds. The maximum absolute atomic E-state index is 10.7. The lowest BCUT2D eigenvalue weighted by molar-refractivity contribution is -0.148. The minimum atomic E-state index is -1.22. The molecule has 0 rings (SSSR count). The van der Waals surface area contributed by atoms with Gasteiger partial charge in [-0.15, -0.1) is 0 Å². The Morgan fingerprint density at radius 3 is 2.67 bits per heavy atom. The Kier molecular flexibility index (Phi) is 4.71. The molecule has 0 aliphatic carbocycles. The van der Waals surface area contributed by atoms with Crippen LogP contribution in [0.1, 0.15) is 6.42 Å². The lowest BCUT2D eigenvalue weighted by Crippen LogP contribution is -2.33. The smallest absolute Gasteiger partial charge is 0.321 e. The molecule has 0 heterocycles. The van der Waals surface area contributed by atoms with E-state index in [0.717, 1.165) is 0 Å². The van der Waals surface area contributed by atoms with Crippen LogP contribution in [-0.4, -0.2) is 29.7 Å². The van der Waals surface area contributed by atoms with Crippen LogP contribution in [-0.2, 0) is 14.3 Å². The average molecular weight is 173 g/mol. The second kappa shape index (κ2) is 5.31. The second-order valence-corrected chi connectivity index (χ2v) is 2.12. The summed E-state index contributed by atoms with van der Waals surface area (Å²) in [7, 11) is 0. The van der Waals surface area contributed by atoms with Crippen molar-refractivity contribution in [2.24, 2.45) is 5.73 Å². The van der Waals surface area contributed by atoms with Crippen LogP contribution in [0, 0.1) is 0 Å². The van der Waals surface area contributed by atoms with Gasteiger partial charge in [0.25, 0.3) is 0 Å². The molecule has 68 valence electrons. The van der Waals surface area contributed by atoms with Crippen molar-refractivity contribution in [3.63, 3.8) is 0 Å². The van der Waals surface area contributed by atoms with Crippen molar-refractivity contribution in [1.82, 2.24) is 0 Å². The second-order valence-electron chi connectivity index (χ2n) is 2.12. The Labute approximate surface area is 69.8 Å². The lowest BCUT2D eigenvalue weighted by Gasteiger charge is -2.04. The molecule has 0 aliphatic heterocycles. The van der Waals surface area contributed by atoms with Crippen LogP contribution < -0.4 is 5.73 Å². The number of carboxylic acids is 1. The third-order valence-corrected chi connectivity index (χ3v) is 1.07. The van der Waals surface area contributed by atoms with E-state index in [2.05, 4.69) is 11.3 Å². The largest absolute Gasteiger partial charge is 0.480 e. The van der Waals surface area contributed by atoms with Gasteiger partial charge in [0.15, 0.2) is 0 Å². The molecule has 1 atom stereocenters. The molecule has 0 spiro atoms. The summed E-state index contributed by atoms with van der Waals surface area (Å²) in [5, 5.41) is 8.30. The molecule has 0 aromatic rings. The van der Waals surface area contributed by atoms with Crippen LogP contribution in [0.4, 0.5) is 0 Å². The number of carbonyl (C=O) groups is 2. The number of hydrogen-bond donors (Lipinski definition) is 2. The zero-order chi connectivity index (χ0) is 9.56. The minimum absolute atomic E-state index is 0.0746. The molecule has 0 saturated carbocycles. The van der Waals surface area contributed by atoms with Crippen molar-refractivity contribution in [3.8, 4) is 0 Å². The topological polar surface area (TPSA) is 89.6 Å². The summed E-state index contributed by atoms with van der Waals surface area (Å²) in [5.41, 5.74) is 5.06. The Morgan fingerprint density at radius 1 is 1.67 bits per heavy atom. The van der Waals surface area contributed by atoms with Crippen molar-refractivity contribution in [3.05, 3.63) is 12.7 Å². The summed E-state index contributed by atoms with van der Waals surface area (Å²) < 4.78 is 4.51. The Morgan fingerprint density at radius 2 is 2.25 bits per heavy atom. The normalized spacial score (nSPS) is 11.8. The molecule has 0 fully saturated rings. The van der Waals surface area contributed by atoms with E-state index in [4.69, 9.17) is 10.8 Å². The maximum Gasteiger partial charge on any atom is 0.321 e. The minimum Gasteiger partial charge on any atom is -0.480 e. The molecule has 5 nitrogen and oxygen atoms in total. The molecular weight excluding hydrogens is 162 g/mol. The number of carbonyl (C=O) groups excluding carboxylic acids is 1. The molecule has 0 saturated heterocycles. The highest BCUT2D eigenvalue weighted by Gasteiger charge is 2.16. The summed E-state index contributed by atoms with van der Waals surface area (Å²) in [6.45, 7) is 3.40. The van der Waals surface area contributed by atoms with E-state index in [1.54, 1.807) is 0 Å². The first-order valence-electron chi connectivity index (χ1n) is 3.32. The standard InChI is InChI=1S/C7H11NO4/c1-2-3-12-6(9)4-5(8)7(10)11/h2,5H,1,3-4,8H2,(H,10,11)/t5-/m0/s1. The fourth-order valence-corrected chi connectivity index (χ4v) is 0.478. The lowest BCUT2D eigenvalue weighted by atomic mass is 10.2. The van der Waals surface area contributed by atoms with E-state index in [-0.39, 0.29) is 13.0 Å². The van der Waals surface area contributed by atoms with Crippen LogP contribution in [0.2, 0.25) is 0 Å². The van der Waals surface area contributed by atoms with Crippen molar-refractivity contribution < 1.29 is 19.4 Å². The first kappa shape index (κ1) is 10.6. The number of rotatable bonds is 5. The van der Waals surface area contributed by atoms with E-state index in [1.807, 2.05) is 0 Å². The van der Waals surface area contributed by atoms with Gasteiger partial charge in [-0.25, -0.2) is 0 Å². The number of aliphatic carboxylic acids is 1. The molecule has 5 heteroatoms. The first-order chi connectivity index (χ1) is 5.57. The average Bonchev–Trinajstić information content (AvgIpc) is 2.00. The highest BCUT2D eigenvalue weighted by Crippen LogP contribution is 1.92. The Bertz CT molecular complexity index is 190. The van der Waals surface area contributed by atoms with Crippen LogP contribution >= 0.6 is 0 Å². The summed E-state index contributed by atoms with van der Waals surface area (Å²) in [6, 6.07) is -1.19. The van der Waals surface area contributed by atoms with Gasteiger partial charge in [0.1, 0.15) is 12.6 Å². The Hall–Kier alpha value is -1.36. The molecule has 0 unspecified atom stereocenters. The summed E-state index contributed by atoms with van der Waals surface area (Å²) >= 11 is 0. The molecule has 0 aromatic heterocycles. The quantitative estimate of drug-likeness (QED) is 0.433. The van der Waals surface area contributed by atoms with Crippen LogP contribution in [0.5, 0.6) is 0 Å². The number of hydrogen-bond acceptors (Lipinski definition) is 4. The molecule has 0 aromatic carbocycles. The van der Waals surface area contributed by atoms with Crippen LogP contribution in [0.3, 0.4) is 0 Å². The van der Waals surface area contributed by atoms with E-state index < -0.39 is 18.0 Å². The fourth-order valence-electron chi connectivity index (χ4n) is 0.478. The molecule has 0 aliphatic rings. The van der Waals surface area contributed by atoms with Crippen molar-refractivity contribution in [1.29, 1.82) is 0 Å². The van der Waals surface area contributed by atoms with E-state index in [9.17, 15) is 9.59 Å². The van der Waals surface area contributed by atoms with Gasteiger partial charge in [-0.3, -0.25) is 9.59 Å². The first-order valence-corrected chi connectivity index (χ1v) is 3.32. The van der Waals surface area contributed by atoms with Crippen molar-refractivity contribution in [2.75, 3.05) is 6.61 Å². The van der Waals surface area contributed by atoms with E-state index in [1.165, 1.54) is 6.08 Å².